The Labute approximate surface area is 103 Å². The van der Waals surface area contributed by atoms with Gasteiger partial charge in [0.15, 0.2) is 0 Å². The monoisotopic (exact) mass is 239 g/mol. The third kappa shape index (κ3) is 3.32. The Hall–Kier alpha value is -1.32. The van der Waals surface area contributed by atoms with E-state index in [2.05, 4.69) is 6.58 Å². The van der Waals surface area contributed by atoms with Gasteiger partial charge in [0.25, 0.3) is 0 Å². The molecule has 0 aliphatic carbocycles. The van der Waals surface area contributed by atoms with Crippen LogP contribution in [0.25, 0.3) is 0 Å². The number of hydrogen-bond acceptors (Lipinski definition) is 3. The molecule has 1 aliphatic heterocycles. The van der Waals surface area contributed by atoms with Crippen molar-refractivity contribution in [3.05, 3.63) is 12.7 Å². The average molecular weight is 239 g/mol. The van der Waals surface area contributed by atoms with Crippen molar-refractivity contribution in [2.24, 2.45) is 5.92 Å². The Balaban J connectivity index is 2.90. The molecule has 17 heavy (non-hydrogen) atoms. The first-order valence-electron chi connectivity index (χ1n) is 6.24. The van der Waals surface area contributed by atoms with E-state index in [0.29, 0.717) is 0 Å². The molecule has 0 saturated carbocycles. The lowest BCUT2D eigenvalue weighted by Gasteiger charge is -2.31. The maximum atomic E-state index is 12.2. The van der Waals surface area contributed by atoms with Gasteiger partial charge in [-0.25, -0.2) is 9.69 Å². The highest BCUT2D eigenvalue weighted by atomic mass is 16.6. The molecule has 1 heterocycles. The number of hydrogen-bond donors (Lipinski definition) is 0. The lowest BCUT2D eigenvalue weighted by atomic mass is 9.95. The Morgan fingerprint density at radius 2 is 2.18 bits per heavy atom. The maximum absolute atomic E-state index is 12.2. The van der Waals surface area contributed by atoms with Crippen molar-refractivity contribution in [1.29, 1.82) is 0 Å². The van der Waals surface area contributed by atoms with Crippen LogP contribution >= 0.6 is 0 Å². The van der Waals surface area contributed by atoms with Crippen molar-refractivity contribution in [3.63, 3.8) is 0 Å². The smallest absolute Gasteiger partial charge is 0.417 e. The van der Waals surface area contributed by atoms with Gasteiger partial charge in [0.1, 0.15) is 0 Å². The van der Waals surface area contributed by atoms with Crippen LogP contribution in [0, 0.1) is 5.92 Å². The van der Waals surface area contributed by atoms with E-state index in [1.807, 2.05) is 6.92 Å². The van der Waals surface area contributed by atoms with Gasteiger partial charge in [0.05, 0.1) is 12.6 Å². The van der Waals surface area contributed by atoms with E-state index in [0.717, 1.165) is 25.7 Å². The molecule has 0 unspecified atom stereocenters. The number of rotatable bonds is 2. The zero-order chi connectivity index (χ0) is 12.8. The SMILES string of the molecule is C=C[C@H]1CCCC[C@@H](C)C(=O)N1C(=O)OCC. The van der Waals surface area contributed by atoms with Gasteiger partial charge in [-0.15, -0.1) is 6.58 Å². The molecular formula is C13H21NO3. The topological polar surface area (TPSA) is 46.6 Å². The molecule has 0 spiro atoms. The van der Waals surface area contributed by atoms with Gasteiger partial charge in [-0.1, -0.05) is 25.8 Å². The third-order valence-corrected chi connectivity index (χ3v) is 3.11. The van der Waals surface area contributed by atoms with Crippen LogP contribution in [0.2, 0.25) is 0 Å². The van der Waals surface area contributed by atoms with E-state index in [9.17, 15) is 9.59 Å². The summed E-state index contributed by atoms with van der Waals surface area (Å²) < 4.78 is 4.95. The zero-order valence-corrected chi connectivity index (χ0v) is 10.6. The summed E-state index contributed by atoms with van der Waals surface area (Å²) in [7, 11) is 0. The lowest BCUT2D eigenvalue weighted by molar-refractivity contribution is -0.135. The van der Waals surface area contributed by atoms with E-state index in [1.54, 1.807) is 13.0 Å². The quantitative estimate of drug-likeness (QED) is 0.696. The minimum atomic E-state index is -0.545. The number of likely N-dealkylation sites (tertiary alicyclic amines) is 1. The molecule has 96 valence electrons. The molecule has 0 aromatic heterocycles. The molecule has 0 radical (unpaired) electrons. The van der Waals surface area contributed by atoms with Gasteiger partial charge >= 0.3 is 6.09 Å². The summed E-state index contributed by atoms with van der Waals surface area (Å²) in [5.41, 5.74) is 0. The molecule has 0 aromatic rings. The Kier molecular flexibility index (Phi) is 5.19. The van der Waals surface area contributed by atoms with Crippen molar-refractivity contribution in [2.75, 3.05) is 6.61 Å². The highest BCUT2D eigenvalue weighted by Gasteiger charge is 2.33. The van der Waals surface area contributed by atoms with Crippen molar-refractivity contribution < 1.29 is 14.3 Å². The number of carbonyl (C=O) groups is 2. The predicted octanol–water partition coefficient (Wildman–Crippen LogP) is 2.74. The first-order chi connectivity index (χ1) is 8.11. The molecule has 0 N–H and O–H groups in total. The fourth-order valence-electron chi connectivity index (χ4n) is 2.10. The summed E-state index contributed by atoms with van der Waals surface area (Å²) in [4.78, 5) is 25.2. The fourth-order valence-corrected chi connectivity index (χ4v) is 2.10. The first kappa shape index (κ1) is 13.7. The first-order valence-corrected chi connectivity index (χ1v) is 6.24. The Morgan fingerprint density at radius 1 is 1.53 bits per heavy atom. The standard InChI is InChI=1S/C13H21NO3/c1-4-11-9-7-6-8-10(3)12(15)14(11)13(16)17-5-2/h4,10-11H,1,5-9H2,2-3H3/t10-,11+/m1/s1. The van der Waals surface area contributed by atoms with Crippen LogP contribution in [0.1, 0.15) is 39.5 Å². The molecular weight excluding hydrogens is 218 g/mol. The molecule has 2 amide bonds. The van der Waals surface area contributed by atoms with E-state index in [4.69, 9.17) is 4.74 Å². The van der Waals surface area contributed by atoms with Gasteiger partial charge in [0.2, 0.25) is 5.91 Å². The minimum Gasteiger partial charge on any atom is -0.449 e. The highest BCUT2D eigenvalue weighted by Crippen LogP contribution is 2.22. The lowest BCUT2D eigenvalue weighted by Crippen LogP contribution is -2.47. The van der Waals surface area contributed by atoms with Gasteiger partial charge in [-0.2, -0.15) is 0 Å². The number of nitrogens with zero attached hydrogens (tertiary/aromatic N) is 1. The van der Waals surface area contributed by atoms with Crippen molar-refractivity contribution in [3.8, 4) is 0 Å². The average Bonchev–Trinajstić information content (AvgIpc) is 2.30. The maximum Gasteiger partial charge on any atom is 0.417 e. The fraction of sp³-hybridized carbons (Fsp3) is 0.692. The number of amides is 2. The summed E-state index contributed by atoms with van der Waals surface area (Å²) in [6.07, 6.45) is 4.75. The Bertz CT molecular complexity index is 301. The highest BCUT2D eigenvalue weighted by molar-refractivity contribution is 5.93. The van der Waals surface area contributed by atoms with Crippen molar-refractivity contribution in [1.82, 2.24) is 4.90 Å². The van der Waals surface area contributed by atoms with Gasteiger partial charge in [-0.05, 0) is 19.8 Å². The summed E-state index contributed by atoms with van der Waals surface area (Å²) in [6, 6.07) is -0.232. The van der Waals surface area contributed by atoms with Gasteiger partial charge in [0, 0.05) is 5.92 Å². The van der Waals surface area contributed by atoms with Crippen molar-refractivity contribution >= 4 is 12.0 Å². The van der Waals surface area contributed by atoms with Crippen LogP contribution in [0.4, 0.5) is 4.79 Å². The predicted molar refractivity (Wildman–Crippen MR) is 65.5 cm³/mol. The molecule has 1 aliphatic rings. The van der Waals surface area contributed by atoms with E-state index >= 15 is 0 Å². The van der Waals surface area contributed by atoms with E-state index in [1.165, 1.54) is 4.90 Å². The van der Waals surface area contributed by atoms with Crippen LogP contribution in [0.3, 0.4) is 0 Å². The number of carbonyl (C=O) groups excluding carboxylic acids is 2. The summed E-state index contributed by atoms with van der Waals surface area (Å²) in [5.74, 6) is -0.268. The van der Waals surface area contributed by atoms with Crippen molar-refractivity contribution in [2.45, 2.75) is 45.6 Å². The van der Waals surface area contributed by atoms with Crippen LogP contribution < -0.4 is 0 Å². The normalized spacial score (nSPS) is 26.0. The second kappa shape index (κ2) is 6.42. The minimum absolute atomic E-state index is 0.123. The van der Waals surface area contributed by atoms with Crippen LogP contribution in [0.5, 0.6) is 0 Å². The van der Waals surface area contributed by atoms with Crippen LogP contribution in [0.15, 0.2) is 12.7 Å². The molecule has 4 heteroatoms. The van der Waals surface area contributed by atoms with Gasteiger partial charge < -0.3 is 4.74 Å². The van der Waals surface area contributed by atoms with Gasteiger partial charge in [-0.3, -0.25) is 4.79 Å². The molecule has 4 nitrogen and oxygen atoms in total. The largest absolute Gasteiger partial charge is 0.449 e. The Morgan fingerprint density at radius 3 is 2.76 bits per heavy atom. The second-order valence-corrected chi connectivity index (χ2v) is 4.40. The molecule has 1 rings (SSSR count). The molecule has 0 bridgehead atoms. The summed E-state index contributed by atoms with van der Waals surface area (Å²) in [5, 5.41) is 0. The molecule has 1 fully saturated rings. The molecule has 2 atom stereocenters. The zero-order valence-electron chi connectivity index (χ0n) is 10.6. The van der Waals surface area contributed by atoms with E-state index < -0.39 is 6.09 Å². The van der Waals surface area contributed by atoms with E-state index in [-0.39, 0.29) is 24.5 Å². The van der Waals surface area contributed by atoms with Crippen LogP contribution in [-0.2, 0) is 9.53 Å². The molecule has 1 saturated heterocycles. The number of ether oxygens (including phenoxy) is 1. The third-order valence-electron chi connectivity index (χ3n) is 3.11. The number of imide groups is 1. The summed E-state index contributed by atoms with van der Waals surface area (Å²) in [6.45, 7) is 7.58. The van der Waals surface area contributed by atoms with Crippen LogP contribution in [-0.4, -0.2) is 29.5 Å². The summed E-state index contributed by atoms with van der Waals surface area (Å²) >= 11 is 0. The second-order valence-electron chi connectivity index (χ2n) is 4.40. The molecule has 0 aromatic carbocycles.